The number of nitrogens with one attached hydrogen (secondary N) is 1. The smallest absolute Gasteiger partial charge is 0.322 e. The minimum Gasteiger partial charge on any atom is -0.468 e. The van der Waals surface area contributed by atoms with Crippen molar-refractivity contribution < 1.29 is 9.53 Å². The van der Waals surface area contributed by atoms with Crippen molar-refractivity contribution in [1.29, 1.82) is 0 Å². The van der Waals surface area contributed by atoms with E-state index in [-0.39, 0.29) is 12.0 Å². The van der Waals surface area contributed by atoms with E-state index in [9.17, 15) is 4.79 Å². The highest BCUT2D eigenvalue weighted by atomic mass is 32.2. The second-order valence-corrected chi connectivity index (χ2v) is 5.57. The molecule has 0 radical (unpaired) electrons. The van der Waals surface area contributed by atoms with Gasteiger partial charge in [-0.1, -0.05) is 25.1 Å². The van der Waals surface area contributed by atoms with E-state index < -0.39 is 0 Å². The van der Waals surface area contributed by atoms with Gasteiger partial charge in [0.25, 0.3) is 0 Å². The highest BCUT2D eigenvalue weighted by Gasteiger charge is 2.17. The number of benzene rings is 1. The molecular weight excluding hydrogens is 258 g/mol. The summed E-state index contributed by atoms with van der Waals surface area (Å²) in [7, 11) is 1.44. The quantitative estimate of drug-likeness (QED) is 0.587. The van der Waals surface area contributed by atoms with Crippen molar-refractivity contribution in [2.75, 3.05) is 19.4 Å². The third-order valence-electron chi connectivity index (χ3n) is 2.88. The highest BCUT2D eigenvalue weighted by molar-refractivity contribution is 7.99. The first-order chi connectivity index (χ1) is 9.19. The summed E-state index contributed by atoms with van der Waals surface area (Å²) in [5.74, 6) is 0.736. The van der Waals surface area contributed by atoms with Crippen LogP contribution in [0.15, 0.2) is 29.2 Å². The maximum atomic E-state index is 11.6. The predicted octanol–water partition coefficient (Wildman–Crippen LogP) is 3.02. The molecule has 4 heteroatoms. The van der Waals surface area contributed by atoms with Gasteiger partial charge in [0, 0.05) is 10.6 Å². The lowest BCUT2D eigenvalue weighted by atomic mass is 10.2. The van der Waals surface area contributed by atoms with Crippen LogP contribution >= 0.6 is 11.8 Å². The number of ether oxygens (including phenoxy) is 1. The van der Waals surface area contributed by atoms with Crippen molar-refractivity contribution in [2.24, 2.45) is 0 Å². The van der Waals surface area contributed by atoms with Gasteiger partial charge in [0.1, 0.15) is 6.04 Å². The van der Waals surface area contributed by atoms with E-state index in [0.29, 0.717) is 0 Å². The highest BCUT2D eigenvalue weighted by Crippen LogP contribution is 2.22. The van der Waals surface area contributed by atoms with Crippen LogP contribution in [0.25, 0.3) is 0 Å². The zero-order valence-electron chi connectivity index (χ0n) is 11.9. The molecule has 0 saturated carbocycles. The molecule has 1 aromatic rings. The van der Waals surface area contributed by atoms with E-state index in [0.717, 1.165) is 25.1 Å². The maximum Gasteiger partial charge on any atom is 0.322 e. The number of thioether (sulfide) groups is 1. The van der Waals surface area contributed by atoms with Gasteiger partial charge in [0.05, 0.1) is 7.11 Å². The summed E-state index contributed by atoms with van der Waals surface area (Å²) >= 11 is 1.79. The molecular formula is C15H23NO2S. The van der Waals surface area contributed by atoms with E-state index in [2.05, 4.69) is 31.3 Å². The van der Waals surface area contributed by atoms with Crippen molar-refractivity contribution in [1.82, 2.24) is 5.32 Å². The third kappa shape index (κ3) is 5.66. The molecule has 19 heavy (non-hydrogen) atoms. The Morgan fingerprint density at radius 2 is 2.16 bits per heavy atom. The number of carbonyl (C=O) groups is 1. The topological polar surface area (TPSA) is 38.3 Å². The fourth-order valence-corrected chi connectivity index (χ4v) is 2.81. The number of hydrogen-bond acceptors (Lipinski definition) is 4. The Morgan fingerprint density at radius 3 is 2.79 bits per heavy atom. The van der Waals surface area contributed by atoms with Crippen LogP contribution in [0.2, 0.25) is 0 Å². The average Bonchev–Trinajstić information content (AvgIpc) is 2.43. The number of hydrogen-bond donors (Lipinski definition) is 1. The lowest BCUT2D eigenvalue weighted by Gasteiger charge is -2.16. The maximum absolute atomic E-state index is 11.6. The molecule has 1 rings (SSSR count). The van der Waals surface area contributed by atoms with Gasteiger partial charge in [-0.15, -0.1) is 11.8 Å². The Morgan fingerprint density at radius 1 is 1.42 bits per heavy atom. The molecule has 1 N–H and O–H groups in total. The number of carbonyl (C=O) groups excluding carboxylic acids is 1. The van der Waals surface area contributed by atoms with E-state index in [1.54, 1.807) is 11.8 Å². The molecule has 0 heterocycles. The lowest BCUT2D eigenvalue weighted by molar-refractivity contribution is -0.143. The fraction of sp³-hybridized carbons (Fsp3) is 0.533. The predicted molar refractivity (Wildman–Crippen MR) is 80.6 cm³/mol. The number of esters is 1. The molecule has 1 atom stereocenters. The van der Waals surface area contributed by atoms with Gasteiger partial charge < -0.3 is 10.1 Å². The van der Waals surface area contributed by atoms with Crippen LogP contribution in [0.3, 0.4) is 0 Å². The Labute approximate surface area is 120 Å². The largest absolute Gasteiger partial charge is 0.468 e. The summed E-state index contributed by atoms with van der Waals surface area (Å²) in [5, 5.41) is 3.23. The van der Waals surface area contributed by atoms with Crippen molar-refractivity contribution in [3.05, 3.63) is 29.8 Å². The zero-order valence-corrected chi connectivity index (χ0v) is 12.8. The molecule has 0 aliphatic heterocycles. The van der Waals surface area contributed by atoms with Crippen LogP contribution in [0.5, 0.6) is 0 Å². The van der Waals surface area contributed by atoms with Crippen LogP contribution < -0.4 is 5.32 Å². The fourth-order valence-electron chi connectivity index (χ4n) is 1.77. The lowest BCUT2D eigenvalue weighted by Crippen LogP contribution is -2.38. The summed E-state index contributed by atoms with van der Waals surface area (Å²) in [6.45, 7) is 5.04. The van der Waals surface area contributed by atoms with Crippen molar-refractivity contribution >= 4 is 17.7 Å². The molecule has 1 unspecified atom stereocenters. The van der Waals surface area contributed by atoms with Crippen LogP contribution in [-0.2, 0) is 9.53 Å². The Balaban J connectivity index is 2.43. The SMILES string of the molecule is CCCNC(CCSc1ccccc1C)C(=O)OC. The first kappa shape index (κ1) is 16.1. The summed E-state index contributed by atoms with van der Waals surface area (Å²) < 4.78 is 4.83. The first-order valence-corrected chi connectivity index (χ1v) is 7.67. The molecule has 0 saturated heterocycles. The average molecular weight is 281 g/mol. The molecule has 0 spiro atoms. The van der Waals surface area contributed by atoms with Gasteiger partial charge in [-0.2, -0.15) is 0 Å². The van der Waals surface area contributed by atoms with Crippen molar-refractivity contribution in [3.63, 3.8) is 0 Å². The van der Waals surface area contributed by atoms with Gasteiger partial charge in [-0.3, -0.25) is 4.79 Å². The number of aryl methyl sites for hydroxylation is 1. The minimum absolute atomic E-state index is 0.168. The Kier molecular flexibility index (Phi) is 7.60. The summed E-state index contributed by atoms with van der Waals surface area (Å²) in [4.78, 5) is 12.9. The third-order valence-corrected chi connectivity index (χ3v) is 4.09. The summed E-state index contributed by atoms with van der Waals surface area (Å²) in [5.41, 5.74) is 1.28. The zero-order chi connectivity index (χ0) is 14.1. The number of methoxy groups -OCH3 is 1. The second kappa shape index (κ2) is 8.99. The van der Waals surface area contributed by atoms with Crippen LogP contribution in [0.1, 0.15) is 25.3 Å². The van der Waals surface area contributed by atoms with Crippen molar-refractivity contribution in [2.45, 2.75) is 37.6 Å². The van der Waals surface area contributed by atoms with Crippen LogP contribution in [0.4, 0.5) is 0 Å². The monoisotopic (exact) mass is 281 g/mol. The van der Waals surface area contributed by atoms with Gasteiger partial charge in [0.15, 0.2) is 0 Å². The molecule has 0 amide bonds. The van der Waals surface area contributed by atoms with Gasteiger partial charge >= 0.3 is 5.97 Å². The van der Waals surface area contributed by atoms with Crippen molar-refractivity contribution in [3.8, 4) is 0 Å². The molecule has 1 aromatic carbocycles. The summed E-state index contributed by atoms with van der Waals surface area (Å²) in [6, 6.07) is 8.12. The minimum atomic E-state index is -0.193. The Bertz CT molecular complexity index is 395. The second-order valence-electron chi connectivity index (χ2n) is 4.43. The van der Waals surface area contributed by atoms with Gasteiger partial charge in [0.2, 0.25) is 0 Å². The Hall–Kier alpha value is -1.00. The molecule has 0 bridgehead atoms. The molecule has 106 valence electrons. The van der Waals surface area contributed by atoms with E-state index >= 15 is 0 Å². The normalized spacial score (nSPS) is 12.2. The molecule has 0 aliphatic rings. The van der Waals surface area contributed by atoms with E-state index in [1.807, 2.05) is 12.1 Å². The summed E-state index contributed by atoms with van der Waals surface area (Å²) in [6.07, 6.45) is 1.80. The number of rotatable bonds is 8. The van der Waals surface area contributed by atoms with Gasteiger partial charge in [-0.25, -0.2) is 0 Å². The van der Waals surface area contributed by atoms with Gasteiger partial charge in [-0.05, 0) is 37.9 Å². The van der Waals surface area contributed by atoms with Crippen LogP contribution in [0, 0.1) is 6.92 Å². The molecule has 3 nitrogen and oxygen atoms in total. The molecule has 0 aliphatic carbocycles. The standard InChI is InChI=1S/C15H23NO2S/c1-4-10-16-13(15(17)18-3)9-11-19-14-8-6-5-7-12(14)2/h5-8,13,16H,4,9-11H2,1-3H3. The van der Waals surface area contributed by atoms with E-state index in [1.165, 1.54) is 17.6 Å². The van der Waals surface area contributed by atoms with E-state index in [4.69, 9.17) is 4.74 Å². The molecule has 0 aromatic heterocycles. The molecule has 0 fully saturated rings. The first-order valence-electron chi connectivity index (χ1n) is 6.68. The van der Waals surface area contributed by atoms with Crippen LogP contribution in [-0.4, -0.2) is 31.4 Å².